The van der Waals surface area contributed by atoms with E-state index in [2.05, 4.69) is 13.8 Å². The number of esters is 1. The van der Waals surface area contributed by atoms with E-state index in [0.29, 0.717) is 18.3 Å². The van der Waals surface area contributed by atoms with Gasteiger partial charge < -0.3 is 14.6 Å². The van der Waals surface area contributed by atoms with Crippen LogP contribution in [0, 0.1) is 11.8 Å². The van der Waals surface area contributed by atoms with E-state index in [1.165, 1.54) is 0 Å². The molecule has 4 atom stereocenters. The lowest BCUT2D eigenvalue weighted by Gasteiger charge is -2.37. The summed E-state index contributed by atoms with van der Waals surface area (Å²) in [7, 11) is 1.61. The second-order valence-electron chi connectivity index (χ2n) is 7.38. The van der Waals surface area contributed by atoms with Crippen molar-refractivity contribution in [1.82, 2.24) is 0 Å². The monoisotopic (exact) mass is 334 g/mol. The second-order valence-corrected chi connectivity index (χ2v) is 7.38. The van der Waals surface area contributed by atoms with Gasteiger partial charge >= 0.3 is 5.97 Å². The fourth-order valence-corrected chi connectivity index (χ4v) is 3.60. The Balaban J connectivity index is 2.05. The van der Waals surface area contributed by atoms with Gasteiger partial charge in [-0.15, -0.1) is 0 Å². The van der Waals surface area contributed by atoms with E-state index in [1.54, 1.807) is 7.11 Å². The Morgan fingerprint density at radius 3 is 2.54 bits per heavy atom. The summed E-state index contributed by atoms with van der Waals surface area (Å²) in [5, 5.41) is 9.93. The van der Waals surface area contributed by atoms with Crippen LogP contribution in [0.25, 0.3) is 0 Å². The van der Waals surface area contributed by atoms with Gasteiger partial charge in [-0.3, -0.25) is 4.79 Å². The summed E-state index contributed by atoms with van der Waals surface area (Å²) in [5.74, 6) is 0.467. The Kier molecular flexibility index (Phi) is 6.41. The van der Waals surface area contributed by atoms with Crippen molar-refractivity contribution in [2.75, 3.05) is 7.11 Å². The van der Waals surface area contributed by atoms with Crippen molar-refractivity contribution in [3.05, 3.63) is 35.9 Å². The molecule has 134 valence electrons. The number of carbonyl (C=O) groups excluding carboxylic acids is 1. The van der Waals surface area contributed by atoms with Crippen LogP contribution in [0.3, 0.4) is 0 Å². The van der Waals surface area contributed by atoms with Gasteiger partial charge in [-0.05, 0) is 37.2 Å². The van der Waals surface area contributed by atoms with E-state index >= 15 is 0 Å². The fourth-order valence-electron chi connectivity index (χ4n) is 3.60. The summed E-state index contributed by atoms with van der Waals surface area (Å²) in [6.07, 6.45) is 1.79. The molecule has 0 aliphatic heterocycles. The van der Waals surface area contributed by atoms with Gasteiger partial charge in [-0.1, -0.05) is 44.2 Å². The maximum atomic E-state index is 12.6. The Bertz CT molecular complexity index is 528. The van der Waals surface area contributed by atoms with Gasteiger partial charge in [0, 0.05) is 13.5 Å². The zero-order valence-electron chi connectivity index (χ0n) is 15.2. The highest BCUT2D eigenvalue weighted by molar-refractivity contribution is 5.71. The summed E-state index contributed by atoms with van der Waals surface area (Å²) >= 11 is 0. The number of rotatable bonds is 6. The molecular weight excluding hydrogens is 304 g/mol. The van der Waals surface area contributed by atoms with E-state index in [-0.39, 0.29) is 24.6 Å². The highest BCUT2D eigenvalue weighted by Gasteiger charge is 2.36. The quantitative estimate of drug-likeness (QED) is 0.807. The predicted molar refractivity (Wildman–Crippen MR) is 93.5 cm³/mol. The van der Waals surface area contributed by atoms with Crippen LogP contribution in [0.15, 0.2) is 30.3 Å². The van der Waals surface area contributed by atoms with Crippen molar-refractivity contribution in [1.29, 1.82) is 0 Å². The predicted octanol–water partition coefficient (Wildman–Crippen LogP) is 3.67. The molecule has 0 bridgehead atoms. The molecule has 2 rings (SSSR count). The average Bonchev–Trinajstić information content (AvgIpc) is 2.55. The number of ether oxygens (including phenoxy) is 2. The molecule has 0 spiro atoms. The summed E-state index contributed by atoms with van der Waals surface area (Å²) in [5.41, 5.74) is 0.243. The maximum absolute atomic E-state index is 12.6. The van der Waals surface area contributed by atoms with E-state index in [9.17, 15) is 9.90 Å². The van der Waals surface area contributed by atoms with Gasteiger partial charge in [0.1, 0.15) is 11.7 Å². The van der Waals surface area contributed by atoms with E-state index in [1.807, 2.05) is 37.3 Å². The van der Waals surface area contributed by atoms with Crippen LogP contribution >= 0.6 is 0 Å². The summed E-state index contributed by atoms with van der Waals surface area (Å²) in [6, 6.07) is 9.72. The van der Waals surface area contributed by atoms with Gasteiger partial charge in [-0.25, -0.2) is 0 Å². The summed E-state index contributed by atoms with van der Waals surface area (Å²) in [6.45, 7) is 6.19. The number of benzene rings is 1. The van der Waals surface area contributed by atoms with Gasteiger partial charge in [-0.2, -0.15) is 0 Å². The smallest absolute Gasteiger partial charge is 0.309 e. The van der Waals surface area contributed by atoms with Crippen molar-refractivity contribution in [2.24, 2.45) is 11.8 Å². The minimum absolute atomic E-state index is 0.158. The van der Waals surface area contributed by atoms with Gasteiger partial charge in [0.05, 0.1) is 12.5 Å². The molecule has 0 unspecified atom stereocenters. The Labute approximate surface area is 145 Å². The molecule has 1 saturated carbocycles. The van der Waals surface area contributed by atoms with Crippen LogP contribution in [0.5, 0.6) is 0 Å². The molecule has 0 heterocycles. The Morgan fingerprint density at radius 1 is 1.29 bits per heavy atom. The molecule has 0 saturated heterocycles. The minimum atomic E-state index is -0.709. The molecule has 1 aromatic rings. The fraction of sp³-hybridized carbons (Fsp3) is 0.650. The molecule has 4 heteroatoms. The van der Waals surface area contributed by atoms with Crippen molar-refractivity contribution in [3.63, 3.8) is 0 Å². The normalized spacial score (nSPS) is 26.8. The molecule has 0 amide bonds. The molecule has 1 fully saturated rings. The third-order valence-corrected chi connectivity index (χ3v) is 5.27. The number of carbonyl (C=O) groups is 1. The third-order valence-electron chi connectivity index (χ3n) is 5.27. The van der Waals surface area contributed by atoms with Crippen LogP contribution in [0.1, 0.15) is 52.0 Å². The molecule has 1 aliphatic rings. The molecule has 0 radical (unpaired) electrons. The van der Waals surface area contributed by atoms with E-state index in [0.717, 1.165) is 18.4 Å². The largest absolute Gasteiger partial charge is 0.462 e. The van der Waals surface area contributed by atoms with Crippen molar-refractivity contribution in [3.8, 4) is 0 Å². The lowest BCUT2D eigenvalue weighted by Crippen LogP contribution is -2.39. The van der Waals surface area contributed by atoms with Gasteiger partial charge in [0.15, 0.2) is 0 Å². The average molecular weight is 334 g/mol. The Hall–Kier alpha value is -1.39. The lowest BCUT2D eigenvalue weighted by molar-refractivity contribution is -0.164. The van der Waals surface area contributed by atoms with Crippen LogP contribution < -0.4 is 0 Å². The maximum Gasteiger partial charge on any atom is 0.309 e. The first-order valence-corrected chi connectivity index (χ1v) is 8.84. The third kappa shape index (κ3) is 4.58. The SMILES string of the molecule is CO[C@](C)(CC(=O)O[C@@H]1C[C@H](O)CC[C@H]1C(C)C)c1ccccc1. The van der Waals surface area contributed by atoms with Crippen molar-refractivity contribution < 1.29 is 19.4 Å². The van der Waals surface area contributed by atoms with Crippen LogP contribution in [0.2, 0.25) is 0 Å². The highest BCUT2D eigenvalue weighted by Crippen LogP contribution is 2.34. The Morgan fingerprint density at radius 2 is 1.96 bits per heavy atom. The molecule has 1 N–H and O–H groups in total. The molecule has 4 nitrogen and oxygen atoms in total. The number of aliphatic hydroxyl groups excluding tert-OH is 1. The van der Waals surface area contributed by atoms with Crippen molar-refractivity contribution >= 4 is 5.97 Å². The highest BCUT2D eigenvalue weighted by atomic mass is 16.5. The number of methoxy groups -OCH3 is 1. The second kappa shape index (κ2) is 8.13. The first-order chi connectivity index (χ1) is 11.4. The van der Waals surface area contributed by atoms with Crippen molar-refractivity contribution in [2.45, 2.75) is 64.3 Å². The first-order valence-electron chi connectivity index (χ1n) is 8.84. The molecule has 0 aromatic heterocycles. The molecular formula is C20H30O4. The number of hydrogen-bond donors (Lipinski definition) is 1. The van der Waals surface area contributed by atoms with E-state index < -0.39 is 5.60 Å². The standard InChI is InChI=1S/C20H30O4/c1-14(2)17-11-10-16(21)12-18(17)24-19(22)13-20(3,23-4)15-8-6-5-7-9-15/h5-9,14,16-18,21H,10-13H2,1-4H3/t16-,17+,18-,20-/m1/s1. The van der Waals surface area contributed by atoms with Crippen LogP contribution in [-0.4, -0.2) is 30.4 Å². The lowest BCUT2D eigenvalue weighted by atomic mass is 9.78. The van der Waals surface area contributed by atoms with Gasteiger partial charge in [0.25, 0.3) is 0 Å². The zero-order chi connectivity index (χ0) is 17.7. The van der Waals surface area contributed by atoms with Crippen LogP contribution in [0.4, 0.5) is 0 Å². The number of hydrogen-bond acceptors (Lipinski definition) is 4. The minimum Gasteiger partial charge on any atom is -0.462 e. The number of aliphatic hydroxyl groups is 1. The molecule has 24 heavy (non-hydrogen) atoms. The van der Waals surface area contributed by atoms with Crippen LogP contribution in [-0.2, 0) is 19.9 Å². The zero-order valence-corrected chi connectivity index (χ0v) is 15.2. The first kappa shape index (κ1) is 18.9. The molecule has 1 aromatic carbocycles. The van der Waals surface area contributed by atoms with Gasteiger partial charge in [0.2, 0.25) is 0 Å². The summed E-state index contributed by atoms with van der Waals surface area (Å²) < 4.78 is 11.4. The molecule has 1 aliphatic carbocycles. The summed E-state index contributed by atoms with van der Waals surface area (Å²) in [4.78, 5) is 12.6. The topological polar surface area (TPSA) is 55.8 Å². The van der Waals surface area contributed by atoms with E-state index in [4.69, 9.17) is 9.47 Å².